The first-order valence-electron chi connectivity index (χ1n) is 3.94. The van der Waals surface area contributed by atoms with Gasteiger partial charge in [0.1, 0.15) is 5.82 Å². The molecule has 0 aliphatic carbocycles. The Balaban J connectivity index is 2.90. The topological polar surface area (TPSA) is 72.2 Å². The molecular weight excluding hydrogens is 207 g/mol. The van der Waals surface area contributed by atoms with Crippen LogP contribution in [-0.4, -0.2) is 8.42 Å². The van der Waals surface area contributed by atoms with Crippen LogP contribution >= 0.6 is 0 Å². The standard InChI is InChI=1S/C8H11FN2O2S/c1-6(11-14(10,12)13)7-4-2-3-5-8(7)9/h2-6,11H,1H3,(H2,10,12,13)/t6-/m1/s1. The molecule has 0 saturated heterocycles. The summed E-state index contributed by atoms with van der Waals surface area (Å²) in [6.45, 7) is 1.52. The zero-order chi connectivity index (χ0) is 10.8. The number of hydrogen-bond acceptors (Lipinski definition) is 2. The minimum Gasteiger partial charge on any atom is -0.216 e. The highest BCUT2D eigenvalue weighted by atomic mass is 32.2. The second-order valence-electron chi connectivity index (χ2n) is 2.91. The minimum absolute atomic E-state index is 0.265. The lowest BCUT2D eigenvalue weighted by atomic mass is 10.1. The lowest BCUT2D eigenvalue weighted by Gasteiger charge is -2.12. The highest BCUT2D eigenvalue weighted by Gasteiger charge is 2.13. The van der Waals surface area contributed by atoms with Crippen molar-refractivity contribution in [1.82, 2.24) is 4.72 Å². The van der Waals surface area contributed by atoms with E-state index in [9.17, 15) is 12.8 Å². The van der Waals surface area contributed by atoms with Gasteiger partial charge in [-0.1, -0.05) is 18.2 Å². The largest absolute Gasteiger partial charge is 0.274 e. The van der Waals surface area contributed by atoms with Gasteiger partial charge in [0, 0.05) is 11.6 Å². The molecule has 6 heteroatoms. The predicted molar refractivity (Wildman–Crippen MR) is 51.1 cm³/mol. The molecular formula is C8H11FN2O2S. The van der Waals surface area contributed by atoms with Crippen LogP contribution in [0.25, 0.3) is 0 Å². The third-order valence-corrected chi connectivity index (χ3v) is 2.39. The third kappa shape index (κ3) is 3.06. The summed E-state index contributed by atoms with van der Waals surface area (Å²) < 4.78 is 36.6. The average molecular weight is 218 g/mol. The van der Waals surface area contributed by atoms with Crippen molar-refractivity contribution in [3.8, 4) is 0 Å². The van der Waals surface area contributed by atoms with Crippen molar-refractivity contribution >= 4 is 10.2 Å². The first-order chi connectivity index (χ1) is 6.40. The van der Waals surface area contributed by atoms with Crippen molar-refractivity contribution in [2.75, 3.05) is 0 Å². The molecule has 0 heterocycles. The zero-order valence-electron chi connectivity index (χ0n) is 7.57. The van der Waals surface area contributed by atoms with E-state index in [-0.39, 0.29) is 5.56 Å². The normalized spacial score (nSPS) is 13.9. The second-order valence-corrected chi connectivity index (χ2v) is 4.23. The van der Waals surface area contributed by atoms with E-state index in [0.717, 1.165) is 0 Å². The molecule has 4 nitrogen and oxygen atoms in total. The van der Waals surface area contributed by atoms with E-state index in [2.05, 4.69) is 4.72 Å². The first kappa shape index (κ1) is 11.1. The van der Waals surface area contributed by atoms with Crippen LogP contribution in [0, 0.1) is 5.82 Å². The summed E-state index contributed by atoms with van der Waals surface area (Å²) >= 11 is 0. The molecule has 1 rings (SSSR count). The van der Waals surface area contributed by atoms with E-state index in [4.69, 9.17) is 5.14 Å². The Kier molecular flexibility index (Phi) is 3.20. The molecule has 1 atom stereocenters. The summed E-state index contributed by atoms with van der Waals surface area (Å²) in [6.07, 6.45) is 0. The van der Waals surface area contributed by atoms with Crippen LogP contribution in [0.2, 0.25) is 0 Å². The van der Waals surface area contributed by atoms with E-state index >= 15 is 0 Å². The van der Waals surface area contributed by atoms with E-state index in [1.54, 1.807) is 6.07 Å². The predicted octanol–water partition coefficient (Wildman–Crippen LogP) is 0.680. The van der Waals surface area contributed by atoms with Gasteiger partial charge in [-0.25, -0.2) is 9.53 Å². The summed E-state index contributed by atoms with van der Waals surface area (Å²) in [4.78, 5) is 0. The van der Waals surface area contributed by atoms with Crippen LogP contribution in [0.3, 0.4) is 0 Å². The Morgan fingerprint density at radius 1 is 1.43 bits per heavy atom. The number of nitrogens with two attached hydrogens (primary N) is 1. The van der Waals surface area contributed by atoms with E-state index < -0.39 is 22.1 Å². The summed E-state index contributed by atoms with van der Waals surface area (Å²) in [5.41, 5.74) is 0.265. The van der Waals surface area contributed by atoms with E-state index in [0.29, 0.717) is 0 Å². The fourth-order valence-corrected chi connectivity index (χ4v) is 1.76. The Morgan fingerprint density at radius 3 is 2.50 bits per heavy atom. The van der Waals surface area contributed by atoms with Crippen molar-refractivity contribution < 1.29 is 12.8 Å². The van der Waals surface area contributed by atoms with Gasteiger partial charge < -0.3 is 0 Å². The Morgan fingerprint density at radius 2 is 2.00 bits per heavy atom. The van der Waals surface area contributed by atoms with Crippen molar-refractivity contribution in [2.45, 2.75) is 13.0 Å². The fraction of sp³-hybridized carbons (Fsp3) is 0.250. The zero-order valence-corrected chi connectivity index (χ0v) is 8.38. The van der Waals surface area contributed by atoms with E-state index in [1.165, 1.54) is 25.1 Å². The monoisotopic (exact) mass is 218 g/mol. The molecule has 0 amide bonds. The van der Waals surface area contributed by atoms with Gasteiger partial charge in [-0.2, -0.15) is 13.1 Å². The highest BCUT2D eigenvalue weighted by molar-refractivity contribution is 7.87. The molecule has 0 radical (unpaired) electrons. The number of halogens is 1. The molecule has 0 spiro atoms. The second kappa shape index (κ2) is 4.04. The maximum atomic E-state index is 13.1. The van der Waals surface area contributed by atoms with Crippen molar-refractivity contribution in [3.05, 3.63) is 35.6 Å². The van der Waals surface area contributed by atoms with Gasteiger partial charge >= 0.3 is 0 Å². The maximum absolute atomic E-state index is 13.1. The highest BCUT2D eigenvalue weighted by Crippen LogP contribution is 2.15. The van der Waals surface area contributed by atoms with Crippen LogP contribution in [0.5, 0.6) is 0 Å². The molecule has 0 aliphatic rings. The van der Waals surface area contributed by atoms with Gasteiger partial charge in [0.25, 0.3) is 10.2 Å². The average Bonchev–Trinajstić information content (AvgIpc) is 2.01. The quantitative estimate of drug-likeness (QED) is 0.783. The van der Waals surface area contributed by atoms with Gasteiger partial charge in [-0.3, -0.25) is 0 Å². The summed E-state index contributed by atoms with van der Waals surface area (Å²) in [6, 6.07) is 5.24. The van der Waals surface area contributed by atoms with Gasteiger partial charge in [0.05, 0.1) is 0 Å². The van der Waals surface area contributed by atoms with Crippen molar-refractivity contribution in [3.63, 3.8) is 0 Å². The van der Waals surface area contributed by atoms with E-state index in [1.807, 2.05) is 0 Å². The molecule has 0 fully saturated rings. The molecule has 0 aliphatic heterocycles. The molecule has 0 saturated carbocycles. The molecule has 0 unspecified atom stereocenters. The van der Waals surface area contributed by atoms with Gasteiger partial charge in [-0.05, 0) is 13.0 Å². The van der Waals surface area contributed by atoms with Crippen molar-refractivity contribution in [1.29, 1.82) is 0 Å². The molecule has 14 heavy (non-hydrogen) atoms. The molecule has 0 bridgehead atoms. The SMILES string of the molecule is C[C@@H](NS(N)(=O)=O)c1ccccc1F. The number of benzene rings is 1. The Hall–Kier alpha value is -0.980. The lowest BCUT2D eigenvalue weighted by Crippen LogP contribution is -2.33. The van der Waals surface area contributed by atoms with Crippen molar-refractivity contribution in [2.24, 2.45) is 5.14 Å². The van der Waals surface area contributed by atoms with Crippen LogP contribution in [0.4, 0.5) is 4.39 Å². The Labute approximate surface area is 82.1 Å². The molecule has 1 aromatic rings. The minimum atomic E-state index is -3.80. The molecule has 1 aromatic carbocycles. The molecule has 78 valence electrons. The van der Waals surface area contributed by atoms with Crippen LogP contribution in [-0.2, 0) is 10.2 Å². The van der Waals surface area contributed by atoms with Gasteiger partial charge in [-0.15, -0.1) is 0 Å². The molecule has 0 aromatic heterocycles. The van der Waals surface area contributed by atoms with Crippen LogP contribution in [0.15, 0.2) is 24.3 Å². The summed E-state index contributed by atoms with van der Waals surface area (Å²) in [5, 5.41) is 4.76. The van der Waals surface area contributed by atoms with Gasteiger partial charge in [0.15, 0.2) is 0 Å². The number of nitrogens with one attached hydrogen (secondary N) is 1. The molecule has 3 N–H and O–H groups in total. The Bertz CT molecular complexity index is 419. The third-order valence-electron chi connectivity index (χ3n) is 1.71. The summed E-state index contributed by atoms with van der Waals surface area (Å²) in [7, 11) is -3.80. The fourth-order valence-electron chi connectivity index (χ4n) is 1.14. The number of hydrogen-bond donors (Lipinski definition) is 2. The summed E-state index contributed by atoms with van der Waals surface area (Å²) in [5.74, 6) is -0.462. The van der Waals surface area contributed by atoms with Crippen LogP contribution in [0.1, 0.15) is 18.5 Å². The maximum Gasteiger partial charge on any atom is 0.274 e. The smallest absolute Gasteiger partial charge is 0.216 e. The van der Waals surface area contributed by atoms with Crippen LogP contribution < -0.4 is 9.86 Å². The van der Waals surface area contributed by atoms with Gasteiger partial charge in [0.2, 0.25) is 0 Å². The lowest BCUT2D eigenvalue weighted by molar-refractivity contribution is 0.551. The first-order valence-corrected chi connectivity index (χ1v) is 5.49. The number of rotatable bonds is 3.